The molecule has 3 aromatic rings. The number of pyridine rings is 1. The number of carbonyl (C=O) groups excluding carboxylic acids is 1. The third-order valence-electron chi connectivity index (χ3n) is 4.53. The van der Waals surface area contributed by atoms with Crippen LogP contribution < -0.4 is 20.1 Å². The van der Waals surface area contributed by atoms with Gasteiger partial charge >= 0.3 is 0 Å². The lowest BCUT2D eigenvalue weighted by Crippen LogP contribution is -2.12. The fourth-order valence-electron chi connectivity index (χ4n) is 2.78. The number of aromatic nitrogens is 1. The van der Waals surface area contributed by atoms with Gasteiger partial charge in [-0.3, -0.25) is 4.79 Å². The zero-order valence-electron chi connectivity index (χ0n) is 16.4. The maximum absolute atomic E-state index is 12.7. The van der Waals surface area contributed by atoms with E-state index in [9.17, 15) is 4.79 Å². The average Bonchev–Trinajstić information content (AvgIpc) is 2.71. The number of anilines is 3. The SMILES string of the molecule is COc1ccc(NC(=O)c2ccnc(Nc3cccc(C)c3C)c2)cc1OC. The molecule has 3 rings (SSSR count). The highest BCUT2D eigenvalue weighted by Gasteiger charge is 2.11. The number of aryl methyl sites for hydroxylation is 1. The van der Waals surface area contributed by atoms with E-state index in [0.717, 1.165) is 11.3 Å². The van der Waals surface area contributed by atoms with Crippen molar-refractivity contribution in [2.45, 2.75) is 13.8 Å². The fraction of sp³-hybridized carbons (Fsp3) is 0.182. The lowest BCUT2D eigenvalue weighted by molar-refractivity contribution is 0.102. The van der Waals surface area contributed by atoms with Gasteiger partial charge in [-0.05, 0) is 55.3 Å². The van der Waals surface area contributed by atoms with Crippen LogP contribution >= 0.6 is 0 Å². The normalized spacial score (nSPS) is 10.3. The van der Waals surface area contributed by atoms with Gasteiger partial charge in [0.2, 0.25) is 0 Å². The van der Waals surface area contributed by atoms with Gasteiger partial charge in [-0.25, -0.2) is 4.98 Å². The van der Waals surface area contributed by atoms with Crippen molar-refractivity contribution in [1.29, 1.82) is 0 Å². The first kappa shape index (κ1) is 19.2. The van der Waals surface area contributed by atoms with Crippen LogP contribution in [-0.4, -0.2) is 25.1 Å². The standard InChI is InChI=1S/C22H23N3O3/c1-14-6-5-7-18(15(14)2)25-21-12-16(10-11-23-21)22(26)24-17-8-9-19(27-3)20(13-17)28-4/h5-13H,1-4H3,(H,23,25)(H,24,26). The van der Waals surface area contributed by atoms with Crippen LogP contribution in [0.2, 0.25) is 0 Å². The number of benzene rings is 2. The largest absolute Gasteiger partial charge is 0.493 e. The summed E-state index contributed by atoms with van der Waals surface area (Å²) in [5, 5.41) is 6.14. The minimum Gasteiger partial charge on any atom is -0.493 e. The molecule has 0 unspecified atom stereocenters. The monoisotopic (exact) mass is 377 g/mol. The molecule has 1 amide bonds. The van der Waals surface area contributed by atoms with Crippen molar-refractivity contribution < 1.29 is 14.3 Å². The fourth-order valence-corrected chi connectivity index (χ4v) is 2.78. The quantitative estimate of drug-likeness (QED) is 0.651. The minimum atomic E-state index is -0.237. The van der Waals surface area contributed by atoms with Crippen molar-refractivity contribution in [1.82, 2.24) is 4.98 Å². The molecule has 1 aromatic heterocycles. The molecular weight excluding hydrogens is 354 g/mol. The highest BCUT2D eigenvalue weighted by atomic mass is 16.5. The predicted molar refractivity (Wildman–Crippen MR) is 111 cm³/mol. The van der Waals surface area contributed by atoms with E-state index in [2.05, 4.69) is 28.6 Å². The summed E-state index contributed by atoms with van der Waals surface area (Å²) < 4.78 is 10.5. The third kappa shape index (κ3) is 4.23. The highest BCUT2D eigenvalue weighted by molar-refractivity contribution is 6.04. The van der Waals surface area contributed by atoms with Crippen molar-refractivity contribution in [2.75, 3.05) is 24.9 Å². The first-order valence-corrected chi connectivity index (χ1v) is 8.84. The number of carbonyl (C=O) groups is 1. The van der Waals surface area contributed by atoms with E-state index in [4.69, 9.17) is 9.47 Å². The van der Waals surface area contributed by atoms with Gasteiger partial charge in [0.15, 0.2) is 11.5 Å². The molecule has 0 aliphatic heterocycles. The first-order chi connectivity index (χ1) is 13.5. The van der Waals surface area contributed by atoms with Crippen molar-refractivity contribution in [3.8, 4) is 11.5 Å². The Bertz CT molecular complexity index is 1000. The van der Waals surface area contributed by atoms with Crippen molar-refractivity contribution in [3.05, 3.63) is 71.4 Å². The zero-order chi connectivity index (χ0) is 20.1. The lowest BCUT2D eigenvalue weighted by atomic mass is 10.1. The van der Waals surface area contributed by atoms with Gasteiger partial charge in [-0.2, -0.15) is 0 Å². The number of methoxy groups -OCH3 is 2. The van der Waals surface area contributed by atoms with E-state index in [0.29, 0.717) is 28.6 Å². The Labute approximate surface area is 164 Å². The summed E-state index contributed by atoms with van der Waals surface area (Å²) in [5.41, 5.74) is 4.41. The maximum atomic E-state index is 12.7. The Hall–Kier alpha value is -3.54. The molecule has 28 heavy (non-hydrogen) atoms. The number of rotatable bonds is 6. The number of ether oxygens (including phenoxy) is 2. The molecule has 0 bridgehead atoms. The number of hydrogen-bond donors (Lipinski definition) is 2. The topological polar surface area (TPSA) is 72.5 Å². The smallest absolute Gasteiger partial charge is 0.255 e. The van der Waals surface area contributed by atoms with E-state index < -0.39 is 0 Å². The molecule has 0 spiro atoms. The van der Waals surface area contributed by atoms with Crippen LogP contribution in [0.1, 0.15) is 21.5 Å². The Kier molecular flexibility index (Phi) is 5.79. The first-order valence-electron chi connectivity index (χ1n) is 8.84. The molecule has 144 valence electrons. The van der Waals surface area contributed by atoms with Crippen LogP contribution in [0.25, 0.3) is 0 Å². The van der Waals surface area contributed by atoms with E-state index in [1.165, 1.54) is 5.56 Å². The summed E-state index contributed by atoms with van der Waals surface area (Å²) in [7, 11) is 3.12. The van der Waals surface area contributed by atoms with Crippen LogP contribution in [0.15, 0.2) is 54.7 Å². The van der Waals surface area contributed by atoms with Crippen molar-refractivity contribution >= 4 is 23.1 Å². The maximum Gasteiger partial charge on any atom is 0.255 e. The minimum absolute atomic E-state index is 0.237. The van der Waals surface area contributed by atoms with Gasteiger partial charge in [0.1, 0.15) is 5.82 Å². The summed E-state index contributed by atoms with van der Waals surface area (Å²) in [4.78, 5) is 17.0. The second kappa shape index (κ2) is 8.43. The molecule has 0 aliphatic carbocycles. The molecule has 6 nitrogen and oxygen atoms in total. The molecule has 6 heteroatoms. The summed E-state index contributed by atoms with van der Waals surface area (Å²) in [5.74, 6) is 1.52. The molecule has 1 heterocycles. The number of nitrogens with one attached hydrogen (secondary N) is 2. The summed E-state index contributed by atoms with van der Waals surface area (Å²) >= 11 is 0. The van der Waals surface area contributed by atoms with Gasteiger partial charge in [0, 0.05) is 29.2 Å². The van der Waals surface area contributed by atoms with E-state index in [1.54, 1.807) is 50.7 Å². The molecule has 0 radical (unpaired) electrons. The van der Waals surface area contributed by atoms with Gasteiger partial charge in [0.05, 0.1) is 14.2 Å². The van der Waals surface area contributed by atoms with Crippen LogP contribution in [-0.2, 0) is 0 Å². The van der Waals surface area contributed by atoms with E-state index >= 15 is 0 Å². The van der Waals surface area contributed by atoms with Gasteiger partial charge in [-0.15, -0.1) is 0 Å². The molecule has 0 aliphatic rings. The lowest BCUT2D eigenvalue weighted by Gasteiger charge is -2.12. The Balaban J connectivity index is 1.78. The molecular formula is C22H23N3O3. The molecule has 2 N–H and O–H groups in total. The molecule has 0 atom stereocenters. The second-order valence-corrected chi connectivity index (χ2v) is 6.33. The summed E-state index contributed by atoms with van der Waals surface area (Å²) in [6.07, 6.45) is 1.61. The van der Waals surface area contributed by atoms with E-state index in [-0.39, 0.29) is 5.91 Å². The Morgan fingerprint density at radius 2 is 1.75 bits per heavy atom. The van der Waals surface area contributed by atoms with Gasteiger partial charge in [0.25, 0.3) is 5.91 Å². The number of hydrogen-bond acceptors (Lipinski definition) is 5. The van der Waals surface area contributed by atoms with Gasteiger partial charge in [-0.1, -0.05) is 12.1 Å². The molecule has 0 saturated carbocycles. The van der Waals surface area contributed by atoms with Crippen LogP contribution in [0.4, 0.5) is 17.2 Å². The molecule has 0 fully saturated rings. The van der Waals surface area contributed by atoms with Crippen LogP contribution in [0, 0.1) is 13.8 Å². The van der Waals surface area contributed by atoms with E-state index in [1.807, 2.05) is 19.1 Å². The Morgan fingerprint density at radius 1 is 0.964 bits per heavy atom. The van der Waals surface area contributed by atoms with Crippen molar-refractivity contribution in [2.24, 2.45) is 0 Å². The molecule has 0 saturated heterocycles. The summed E-state index contributed by atoms with van der Waals surface area (Å²) in [6.45, 7) is 4.10. The molecule has 2 aromatic carbocycles. The second-order valence-electron chi connectivity index (χ2n) is 6.33. The third-order valence-corrected chi connectivity index (χ3v) is 4.53. The zero-order valence-corrected chi connectivity index (χ0v) is 16.4. The predicted octanol–water partition coefficient (Wildman–Crippen LogP) is 4.71. The average molecular weight is 377 g/mol. The Morgan fingerprint density at radius 3 is 2.50 bits per heavy atom. The number of nitrogens with zero attached hydrogens (tertiary/aromatic N) is 1. The summed E-state index contributed by atoms with van der Waals surface area (Å²) in [6, 6.07) is 14.6. The number of amides is 1. The van der Waals surface area contributed by atoms with Crippen LogP contribution in [0.5, 0.6) is 11.5 Å². The van der Waals surface area contributed by atoms with Crippen molar-refractivity contribution in [3.63, 3.8) is 0 Å². The van der Waals surface area contributed by atoms with Crippen LogP contribution in [0.3, 0.4) is 0 Å². The highest BCUT2D eigenvalue weighted by Crippen LogP contribution is 2.30. The van der Waals surface area contributed by atoms with Gasteiger partial charge < -0.3 is 20.1 Å².